The van der Waals surface area contributed by atoms with Crippen molar-refractivity contribution in [2.24, 2.45) is 11.8 Å². The van der Waals surface area contributed by atoms with Gasteiger partial charge in [-0.3, -0.25) is 0 Å². The first kappa shape index (κ1) is 25.5. The SMILES string of the molecule is C[N+](C)(C1CCC(CC[Si](C)(C)O)CC1O)C1CC(CC[Si](C)(C)O)CCC1O. The van der Waals surface area contributed by atoms with Gasteiger partial charge in [0.25, 0.3) is 0 Å². The molecule has 0 aliphatic heterocycles. The Kier molecular flexibility index (Phi) is 8.61. The van der Waals surface area contributed by atoms with Crippen molar-refractivity contribution in [1.29, 1.82) is 0 Å². The lowest BCUT2D eigenvalue weighted by Gasteiger charge is -2.52. The summed E-state index contributed by atoms with van der Waals surface area (Å²) in [5.74, 6) is 1.09. The van der Waals surface area contributed by atoms with Crippen molar-refractivity contribution in [3.63, 3.8) is 0 Å². The Morgan fingerprint density at radius 3 is 1.66 bits per heavy atom. The summed E-state index contributed by atoms with van der Waals surface area (Å²) < 4.78 is 0.700. The van der Waals surface area contributed by atoms with Crippen molar-refractivity contribution in [3.8, 4) is 0 Å². The first-order valence-electron chi connectivity index (χ1n) is 11.8. The van der Waals surface area contributed by atoms with Crippen LogP contribution in [0.1, 0.15) is 51.4 Å². The molecule has 29 heavy (non-hydrogen) atoms. The van der Waals surface area contributed by atoms with Gasteiger partial charge in [-0.1, -0.05) is 12.8 Å². The minimum absolute atomic E-state index is 0.164. The zero-order valence-corrected chi connectivity index (χ0v) is 21.8. The van der Waals surface area contributed by atoms with Gasteiger partial charge in [0.1, 0.15) is 24.3 Å². The smallest absolute Gasteiger partial charge is 0.182 e. The average Bonchev–Trinajstić information content (AvgIpc) is 2.57. The normalized spacial score (nSPS) is 35.0. The topological polar surface area (TPSA) is 80.9 Å². The van der Waals surface area contributed by atoms with Crippen LogP contribution in [0, 0.1) is 11.8 Å². The molecule has 172 valence electrons. The second-order valence-corrected chi connectivity index (χ2v) is 20.2. The fraction of sp³-hybridized carbons (Fsp3) is 1.00. The molecule has 0 radical (unpaired) electrons. The van der Waals surface area contributed by atoms with Gasteiger partial charge in [0.2, 0.25) is 0 Å². The highest BCUT2D eigenvalue weighted by Gasteiger charge is 2.48. The van der Waals surface area contributed by atoms with Gasteiger partial charge in [0, 0.05) is 12.8 Å². The maximum Gasteiger partial charge on any atom is 0.182 e. The van der Waals surface area contributed by atoms with E-state index in [4.69, 9.17) is 0 Å². The number of nitrogens with zero attached hydrogens (tertiary/aromatic N) is 1. The zero-order valence-electron chi connectivity index (χ0n) is 19.8. The summed E-state index contributed by atoms with van der Waals surface area (Å²) in [6.07, 6.45) is 7.29. The van der Waals surface area contributed by atoms with Gasteiger partial charge in [-0.15, -0.1) is 0 Å². The molecule has 2 saturated carbocycles. The molecule has 0 spiro atoms. The molecule has 0 aromatic heterocycles. The molecule has 7 heteroatoms. The van der Waals surface area contributed by atoms with Gasteiger partial charge in [-0.25, -0.2) is 0 Å². The van der Waals surface area contributed by atoms with E-state index in [1.165, 1.54) is 0 Å². The van der Waals surface area contributed by atoms with Crippen LogP contribution in [-0.4, -0.2) is 79.3 Å². The molecule has 0 bridgehead atoms. The predicted octanol–water partition coefficient (Wildman–Crippen LogP) is 3.30. The third kappa shape index (κ3) is 7.70. The van der Waals surface area contributed by atoms with E-state index in [0.717, 1.165) is 63.5 Å². The van der Waals surface area contributed by atoms with Gasteiger partial charge in [-0.05, 0) is 75.8 Å². The molecular weight excluding hydrogens is 398 g/mol. The van der Waals surface area contributed by atoms with Crippen molar-refractivity contribution in [1.82, 2.24) is 0 Å². The lowest BCUT2D eigenvalue weighted by atomic mass is 9.77. The third-order valence-corrected chi connectivity index (χ3v) is 10.8. The van der Waals surface area contributed by atoms with Gasteiger partial charge in [-0.2, -0.15) is 0 Å². The van der Waals surface area contributed by atoms with E-state index in [0.29, 0.717) is 16.3 Å². The Hall–Kier alpha value is 0.234. The Bertz CT molecular complexity index is 518. The minimum Gasteiger partial charge on any atom is -0.432 e. The van der Waals surface area contributed by atoms with E-state index in [9.17, 15) is 19.8 Å². The average molecular weight is 447 g/mol. The van der Waals surface area contributed by atoms with Crippen LogP contribution in [0.4, 0.5) is 0 Å². The highest BCUT2D eigenvalue weighted by atomic mass is 28.4. The van der Waals surface area contributed by atoms with E-state index in [2.05, 4.69) is 14.1 Å². The summed E-state index contributed by atoms with van der Waals surface area (Å²) in [5, 5.41) is 21.9. The molecule has 2 rings (SSSR count). The number of likely N-dealkylation sites (N-methyl/N-ethyl adjacent to an activating group) is 1. The van der Waals surface area contributed by atoms with Gasteiger partial charge in [0.15, 0.2) is 16.6 Å². The van der Waals surface area contributed by atoms with Crippen molar-refractivity contribution in [2.75, 3.05) is 14.1 Å². The molecule has 2 aliphatic rings. The molecule has 2 aliphatic carbocycles. The van der Waals surface area contributed by atoms with E-state index in [1.54, 1.807) is 0 Å². The number of rotatable bonds is 8. The predicted molar refractivity (Wildman–Crippen MR) is 125 cm³/mol. The van der Waals surface area contributed by atoms with Crippen LogP contribution in [0.2, 0.25) is 38.3 Å². The van der Waals surface area contributed by atoms with Gasteiger partial charge in [0.05, 0.1) is 14.1 Å². The quantitative estimate of drug-likeness (QED) is 0.341. The fourth-order valence-electron chi connectivity index (χ4n) is 5.81. The van der Waals surface area contributed by atoms with Crippen LogP contribution in [0.25, 0.3) is 0 Å². The summed E-state index contributed by atoms with van der Waals surface area (Å²) in [6.45, 7) is 8.02. The van der Waals surface area contributed by atoms with Crippen LogP contribution >= 0.6 is 0 Å². The summed E-state index contributed by atoms with van der Waals surface area (Å²) >= 11 is 0. The van der Waals surface area contributed by atoms with Crippen molar-refractivity contribution in [3.05, 3.63) is 0 Å². The molecule has 0 aromatic carbocycles. The third-order valence-electron chi connectivity index (χ3n) is 7.82. The molecule has 0 heterocycles. The summed E-state index contributed by atoms with van der Waals surface area (Å²) in [5.41, 5.74) is 0. The van der Waals surface area contributed by atoms with Crippen LogP contribution in [0.5, 0.6) is 0 Å². The molecule has 2 fully saturated rings. The zero-order chi connectivity index (χ0) is 22.0. The van der Waals surface area contributed by atoms with E-state index in [1.807, 2.05) is 26.2 Å². The Morgan fingerprint density at radius 2 is 1.17 bits per heavy atom. The first-order chi connectivity index (χ1) is 13.2. The van der Waals surface area contributed by atoms with Gasteiger partial charge < -0.3 is 24.3 Å². The monoisotopic (exact) mass is 446 g/mol. The molecular formula is C22H48NO4Si2+. The fourth-order valence-corrected chi connectivity index (χ4v) is 8.04. The molecule has 0 saturated heterocycles. The number of hydrogen-bond acceptors (Lipinski definition) is 4. The number of hydrogen-bond donors (Lipinski definition) is 4. The van der Waals surface area contributed by atoms with Gasteiger partial charge >= 0.3 is 0 Å². The number of aliphatic hydroxyl groups excluding tert-OH is 2. The van der Waals surface area contributed by atoms with E-state index in [-0.39, 0.29) is 24.3 Å². The standard InChI is InChI=1S/C22H48NO4Si2/c1-23(2,19-9-7-18(16-22(19)25)12-14-29(5,6)27)20-15-17(8-10-21(20)24)11-13-28(3,4)26/h17-22,24-27H,7-16H2,1-6H3/q+1. The van der Waals surface area contributed by atoms with Crippen molar-refractivity contribution in [2.45, 2.75) is 114 Å². The summed E-state index contributed by atoms with van der Waals surface area (Å²) in [7, 11) is 0.378. The molecule has 5 nitrogen and oxygen atoms in total. The summed E-state index contributed by atoms with van der Waals surface area (Å²) in [6, 6.07) is 2.19. The first-order valence-corrected chi connectivity index (χ1v) is 18.1. The summed E-state index contributed by atoms with van der Waals surface area (Å²) in [4.78, 5) is 20.4. The van der Waals surface area contributed by atoms with E-state index < -0.39 is 16.6 Å². The second kappa shape index (κ2) is 9.80. The Labute approximate surface area is 181 Å². The molecule has 0 amide bonds. The van der Waals surface area contributed by atoms with Crippen LogP contribution in [0.3, 0.4) is 0 Å². The Morgan fingerprint density at radius 1 is 0.690 bits per heavy atom. The highest BCUT2D eigenvalue weighted by Crippen LogP contribution is 2.40. The molecule has 6 atom stereocenters. The number of aliphatic hydroxyl groups is 2. The maximum atomic E-state index is 11.0. The van der Waals surface area contributed by atoms with E-state index >= 15 is 0 Å². The lowest BCUT2D eigenvalue weighted by molar-refractivity contribution is -0.947. The molecule has 0 aromatic rings. The Balaban J connectivity index is 1.97. The van der Waals surface area contributed by atoms with Crippen LogP contribution < -0.4 is 0 Å². The lowest BCUT2D eigenvalue weighted by Crippen LogP contribution is -2.65. The minimum atomic E-state index is -2.02. The van der Waals surface area contributed by atoms with Crippen LogP contribution in [0.15, 0.2) is 0 Å². The number of quaternary nitrogens is 1. The molecule has 6 unspecified atom stereocenters. The maximum absolute atomic E-state index is 11.0. The largest absolute Gasteiger partial charge is 0.432 e. The molecule has 4 N–H and O–H groups in total. The highest BCUT2D eigenvalue weighted by molar-refractivity contribution is 6.70. The van der Waals surface area contributed by atoms with Crippen LogP contribution in [-0.2, 0) is 0 Å². The van der Waals surface area contributed by atoms with Crippen molar-refractivity contribution < 1.29 is 24.3 Å². The second-order valence-electron chi connectivity index (χ2n) is 12.0. The van der Waals surface area contributed by atoms with Crippen molar-refractivity contribution >= 4 is 16.6 Å².